The molecule has 0 saturated carbocycles. The Balaban J connectivity index is 4.32. The highest BCUT2D eigenvalue weighted by molar-refractivity contribution is 5.84. The number of aliphatic carboxylic acids is 1. The molecule has 0 bridgehead atoms. The zero-order valence-electron chi connectivity index (χ0n) is 10.7. The Morgan fingerprint density at radius 3 is 2.12 bits per heavy atom. The van der Waals surface area contributed by atoms with Crippen LogP contribution < -0.4 is 5.32 Å². The van der Waals surface area contributed by atoms with Gasteiger partial charge in [-0.25, -0.2) is 4.79 Å². The van der Waals surface area contributed by atoms with Gasteiger partial charge in [0.05, 0.1) is 0 Å². The summed E-state index contributed by atoms with van der Waals surface area (Å²) in [5, 5.41) is 11.6. The second-order valence-corrected chi connectivity index (χ2v) is 5.26. The van der Waals surface area contributed by atoms with Gasteiger partial charge in [-0.3, -0.25) is 4.79 Å². The molecule has 0 aromatic heterocycles. The lowest BCUT2D eigenvalue weighted by Gasteiger charge is -2.27. The molecule has 2 N–H and O–H groups in total. The molecule has 0 unspecified atom stereocenters. The van der Waals surface area contributed by atoms with Crippen LogP contribution in [0.1, 0.15) is 27.2 Å². The van der Waals surface area contributed by atoms with Crippen LogP contribution in [-0.2, 0) is 9.59 Å². The molecule has 0 aromatic rings. The maximum atomic E-state index is 11.5. The molecule has 0 saturated heterocycles. The molecule has 0 fully saturated rings. The van der Waals surface area contributed by atoms with E-state index in [-0.39, 0.29) is 5.91 Å². The average molecular weight is 230 g/mol. The predicted molar refractivity (Wildman–Crippen MR) is 62.2 cm³/mol. The molecule has 1 atom stereocenters. The molecule has 0 spiro atoms. The second kappa shape index (κ2) is 5.84. The van der Waals surface area contributed by atoms with Crippen molar-refractivity contribution in [1.29, 1.82) is 0 Å². The number of amides is 1. The summed E-state index contributed by atoms with van der Waals surface area (Å²) in [6, 6.07) is -0.845. The lowest BCUT2D eigenvalue weighted by atomic mass is 9.86. The van der Waals surface area contributed by atoms with Crippen LogP contribution in [0.3, 0.4) is 0 Å². The summed E-state index contributed by atoms with van der Waals surface area (Å²) in [4.78, 5) is 24.4. The predicted octanol–water partition coefficient (Wildman–Crippen LogP) is 0.554. The Kier molecular flexibility index (Phi) is 5.44. The van der Waals surface area contributed by atoms with Crippen LogP contribution in [0.15, 0.2) is 0 Å². The molecule has 0 radical (unpaired) electrons. The lowest BCUT2D eigenvalue weighted by Crippen LogP contribution is -2.49. The van der Waals surface area contributed by atoms with Crippen molar-refractivity contribution in [3.8, 4) is 0 Å². The van der Waals surface area contributed by atoms with E-state index < -0.39 is 17.4 Å². The number of hydrogen-bond acceptors (Lipinski definition) is 3. The first-order valence-corrected chi connectivity index (χ1v) is 5.31. The summed E-state index contributed by atoms with van der Waals surface area (Å²) in [5.41, 5.74) is -0.486. The minimum atomic E-state index is -0.995. The number of nitrogens with zero attached hydrogens (tertiary/aromatic N) is 1. The number of carbonyl (C=O) groups is 2. The molecule has 0 rings (SSSR count). The molecule has 16 heavy (non-hydrogen) atoms. The Bertz CT molecular complexity index is 256. The topological polar surface area (TPSA) is 69.6 Å². The number of rotatable bonds is 5. The number of carboxylic acid groups (broad SMARTS) is 1. The maximum absolute atomic E-state index is 11.5. The molecule has 0 aliphatic heterocycles. The van der Waals surface area contributed by atoms with E-state index in [1.54, 1.807) is 20.8 Å². The van der Waals surface area contributed by atoms with Crippen LogP contribution in [-0.4, -0.2) is 48.6 Å². The van der Waals surface area contributed by atoms with Gasteiger partial charge in [-0.1, -0.05) is 20.8 Å². The smallest absolute Gasteiger partial charge is 0.326 e. The van der Waals surface area contributed by atoms with E-state index >= 15 is 0 Å². The first kappa shape index (κ1) is 14.9. The van der Waals surface area contributed by atoms with Crippen LogP contribution in [0.5, 0.6) is 0 Å². The van der Waals surface area contributed by atoms with Crippen molar-refractivity contribution >= 4 is 11.9 Å². The van der Waals surface area contributed by atoms with Gasteiger partial charge in [-0.2, -0.15) is 0 Å². The number of carbonyl (C=O) groups excluding carboxylic acids is 1. The third kappa shape index (κ3) is 5.70. The van der Waals surface area contributed by atoms with Crippen molar-refractivity contribution in [2.24, 2.45) is 5.41 Å². The van der Waals surface area contributed by atoms with Gasteiger partial charge in [0.25, 0.3) is 0 Å². The fourth-order valence-electron chi connectivity index (χ4n) is 1.21. The summed E-state index contributed by atoms with van der Waals surface area (Å²) < 4.78 is 0. The molecule has 0 aliphatic rings. The lowest BCUT2D eigenvalue weighted by molar-refractivity contribution is -0.145. The molecule has 0 heterocycles. The van der Waals surface area contributed by atoms with Crippen molar-refractivity contribution in [1.82, 2.24) is 10.2 Å². The van der Waals surface area contributed by atoms with Crippen molar-refractivity contribution in [3.05, 3.63) is 0 Å². The van der Waals surface area contributed by atoms with Crippen LogP contribution in [0.25, 0.3) is 0 Å². The maximum Gasteiger partial charge on any atom is 0.326 e. The van der Waals surface area contributed by atoms with E-state index in [4.69, 9.17) is 5.11 Å². The van der Waals surface area contributed by atoms with Gasteiger partial charge in [-0.05, 0) is 19.5 Å². The van der Waals surface area contributed by atoms with E-state index in [1.807, 2.05) is 19.0 Å². The highest BCUT2D eigenvalue weighted by Gasteiger charge is 2.32. The Hall–Kier alpha value is -1.10. The summed E-state index contributed by atoms with van der Waals surface area (Å²) >= 11 is 0. The van der Waals surface area contributed by atoms with Gasteiger partial charge < -0.3 is 15.3 Å². The van der Waals surface area contributed by atoms with Gasteiger partial charge in [0.1, 0.15) is 6.04 Å². The van der Waals surface area contributed by atoms with E-state index in [2.05, 4.69) is 5.32 Å². The molecule has 1 amide bonds. The van der Waals surface area contributed by atoms with Crippen LogP contribution in [0.4, 0.5) is 0 Å². The van der Waals surface area contributed by atoms with Gasteiger partial charge in [0, 0.05) is 13.0 Å². The zero-order chi connectivity index (χ0) is 12.9. The van der Waals surface area contributed by atoms with E-state index in [0.717, 1.165) is 0 Å². The molecule has 94 valence electrons. The highest BCUT2D eigenvalue weighted by atomic mass is 16.4. The van der Waals surface area contributed by atoms with E-state index in [9.17, 15) is 9.59 Å². The highest BCUT2D eigenvalue weighted by Crippen LogP contribution is 2.19. The number of carboxylic acids is 1. The third-order valence-electron chi connectivity index (χ3n) is 2.20. The summed E-state index contributed by atoms with van der Waals surface area (Å²) in [6.45, 7) is 5.98. The van der Waals surface area contributed by atoms with Crippen LogP contribution >= 0.6 is 0 Å². The molecule has 0 aliphatic carbocycles. The normalized spacial score (nSPS) is 13.6. The summed E-state index contributed by atoms with van der Waals surface area (Å²) in [7, 11) is 3.73. The quantitative estimate of drug-likeness (QED) is 0.724. The second-order valence-electron chi connectivity index (χ2n) is 5.26. The first-order valence-electron chi connectivity index (χ1n) is 5.31. The van der Waals surface area contributed by atoms with E-state index in [0.29, 0.717) is 13.0 Å². The fraction of sp³-hybridized carbons (Fsp3) is 0.818. The van der Waals surface area contributed by atoms with Crippen LogP contribution in [0, 0.1) is 5.41 Å². The minimum Gasteiger partial charge on any atom is -0.480 e. The third-order valence-corrected chi connectivity index (χ3v) is 2.20. The molecular formula is C11H22N2O3. The average Bonchev–Trinajstić information content (AvgIpc) is 2.08. The van der Waals surface area contributed by atoms with Gasteiger partial charge in [-0.15, -0.1) is 0 Å². The van der Waals surface area contributed by atoms with Gasteiger partial charge in [0.15, 0.2) is 0 Å². The van der Waals surface area contributed by atoms with Gasteiger partial charge >= 0.3 is 5.97 Å². The van der Waals surface area contributed by atoms with Crippen LogP contribution in [0.2, 0.25) is 0 Å². The van der Waals surface area contributed by atoms with Crippen molar-refractivity contribution in [2.45, 2.75) is 33.2 Å². The summed E-state index contributed by atoms with van der Waals surface area (Å²) in [6.07, 6.45) is 0.312. The Morgan fingerprint density at radius 1 is 1.31 bits per heavy atom. The molecular weight excluding hydrogens is 208 g/mol. The molecule has 5 nitrogen and oxygen atoms in total. The first-order chi connectivity index (χ1) is 7.14. The minimum absolute atomic E-state index is 0.226. The monoisotopic (exact) mass is 230 g/mol. The van der Waals surface area contributed by atoms with Crippen molar-refractivity contribution < 1.29 is 14.7 Å². The van der Waals surface area contributed by atoms with Gasteiger partial charge in [0.2, 0.25) is 5.91 Å². The Morgan fingerprint density at radius 2 is 1.81 bits per heavy atom. The fourth-order valence-corrected chi connectivity index (χ4v) is 1.21. The molecule has 5 heteroatoms. The molecule has 0 aromatic carbocycles. The standard InChI is InChI=1S/C11H22N2O3/c1-11(2,3)9(10(15)16)12-8(14)6-7-13(4)5/h9H,6-7H2,1-5H3,(H,12,14)(H,15,16)/t9-/m0/s1. The largest absolute Gasteiger partial charge is 0.480 e. The zero-order valence-corrected chi connectivity index (χ0v) is 10.7. The Labute approximate surface area is 96.8 Å². The van der Waals surface area contributed by atoms with Crippen molar-refractivity contribution in [2.75, 3.05) is 20.6 Å². The number of nitrogens with one attached hydrogen (secondary N) is 1. The summed E-state index contributed by atoms with van der Waals surface area (Å²) in [5.74, 6) is -1.22. The van der Waals surface area contributed by atoms with E-state index in [1.165, 1.54) is 0 Å². The SMILES string of the molecule is CN(C)CCC(=O)N[C@@H](C(=O)O)C(C)(C)C. The van der Waals surface area contributed by atoms with Crippen molar-refractivity contribution in [3.63, 3.8) is 0 Å². The number of hydrogen-bond donors (Lipinski definition) is 2.